The molecule has 1 N–H and O–H groups in total. The minimum Gasteiger partial charge on any atom is -0.494 e. The summed E-state index contributed by atoms with van der Waals surface area (Å²) in [5.41, 5.74) is 1.90. The van der Waals surface area contributed by atoms with E-state index in [-0.39, 0.29) is 0 Å². The molecule has 0 amide bonds. The van der Waals surface area contributed by atoms with Crippen molar-refractivity contribution in [2.45, 2.75) is 13.5 Å². The molecule has 6 heteroatoms. The van der Waals surface area contributed by atoms with E-state index in [4.69, 9.17) is 33.0 Å². The molecule has 1 aromatic heterocycles. The van der Waals surface area contributed by atoms with Gasteiger partial charge in [-0.05, 0) is 79.8 Å². The van der Waals surface area contributed by atoms with E-state index >= 15 is 0 Å². The van der Waals surface area contributed by atoms with Gasteiger partial charge < -0.3 is 19.4 Å². The lowest BCUT2D eigenvalue weighted by Crippen LogP contribution is -2.30. The lowest BCUT2D eigenvalue weighted by atomic mass is 10.2. The Hall–Kier alpha value is -2.50. The van der Waals surface area contributed by atoms with Gasteiger partial charge in [0.2, 0.25) is 0 Å². The van der Waals surface area contributed by atoms with Gasteiger partial charge in [0.05, 0.1) is 13.2 Å². The van der Waals surface area contributed by atoms with E-state index in [2.05, 4.69) is 5.32 Å². The molecule has 0 aliphatic rings. The van der Waals surface area contributed by atoms with Crippen LogP contribution in [0.25, 0.3) is 11.3 Å². The Morgan fingerprint density at radius 1 is 1.07 bits per heavy atom. The molecule has 0 radical (unpaired) electrons. The first-order valence-corrected chi connectivity index (χ1v) is 9.43. The average Bonchev–Trinajstić information content (AvgIpc) is 3.12. The van der Waals surface area contributed by atoms with Crippen LogP contribution in [0.15, 0.2) is 65.1 Å². The minimum atomic E-state index is 0.566. The molecule has 4 nitrogen and oxygen atoms in total. The molecule has 140 valence electrons. The van der Waals surface area contributed by atoms with Crippen LogP contribution in [0.4, 0.5) is 5.69 Å². The fourth-order valence-corrected chi connectivity index (χ4v) is 2.87. The van der Waals surface area contributed by atoms with Crippen molar-refractivity contribution in [3.05, 3.63) is 71.4 Å². The molecule has 0 aliphatic carbocycles. The number of furan rings is 1. The Bertz CT molecular complexity index is 891. The predicted molar refractivity (Wildman–Crippen MR) is 114 cm³/mol. The molecule has 1 heterocycles. The number of nitrogens with one attached hydrogen (secondary N) is 1. The highest BCUT2D eigenvalue weighted by atomic mass is 35.5. The second-order valence-electron chi connectivity index (χ2n) is 6.02. The summed E-state index contributed by atoms with van der Waals surface area (Å²) in [5.74, 6) is 2.48. The maximum absolute atomic E-state index is 5.93. The number of nitrogens with zero attached hydrogens (tertiary/aromatic N) is 1. The third kappa shape index (κ3) is 5.25. The van der Waals surface area contributed by atoms with E-state index in [9.17, 15) is 0 Å². The maximum Gasteiger partial charge on any atom is 0.173 e. The first-order chi connectivity index (χ1) is 13.0. The average molecular weight is 401 g/mol. The van der Waals surface area contributed by atoms with Crippen LogP contribution in [0.5, 0.6) is 5.75 Å². The Morgan fingerprint density at radius 2 is 1.78 bits per heavy atom. The zero-order chi connectivity index (χ0) is 19.2. The van der Waals surface area contributed by atoms with Crippen molar-refractivity contribution in [3.63, 3.8) is 0 Å². The van der Waals surface area contributed by atoms with E-state index in [0.717, 1.165) is 28.5 Å². The van der Waals surface area contributed by atoms with Crippen LogP contribution in [0.1, 0.15) is 12.7 Å². The molecule has 0 saturated heterocycles. The molecule has 0 atom stereocenters. The van der Waals surface area contributed by atoms with Crippen LogP contribution >= 0.6 is 23.8 Å². The lowest BCUT2D eigenvalue weighted by molar-refractivity contribution is 0.340. The van der Waals surface area contributed by atoms with Gasteiger partial charge in [-0.1, -0.05) is 11.6 Å². The molecule has 0 saturated carbocycles. The standard InChI is InChI=1S/C21H21ClN2O2S/c1-3-25-18-10-8-17(9-11-18)23-21(27)24(2)14-19-12-13-20(26-19)15-4-6-16(22)7-5-15/h4-13H,3,14H2,1-2H3,(H,23,27). The first-order valence-electron chi connectivity index (χ1n) is 8.65. The third-order valence-electron chi connectivity index (χ3n) is 3.95. The quantitative estimate of drug-likeness (QED) is 0.527. The monoisotopic (exact) mass is 400 g/mol. The SMILES string of the molecule is CCOc1ccc(NC(=S)N(C)Cc2ccc(-c3ccc(Cl)cc3)o2)cc1. The molecule has 0 fully saturated rings. The summed E-state index contributed by atoms with van der Waals surface area (Å²) in [7, 11) is 1.92. The second-order valence-corrected chi connectivity index (χ2v) is 6.84. The normalized spacial score (nSPS) is 10.5. The van der Waals surface area contributed by atoms with Crippen LogP contribution in [-0.4, -0.2) is 23.7 Å². The Morgan fingerprint density at radius 3 is 2.44 bits per heavy atom. The molecule has 0 aliphatic heterocycles. The van der Waals surface area contributed by atoms with Crippen LogP contribution in [0.2, 0.25) is 5.02 Å². The predicted octanol–water partition coefficient (Wildman–Crippen LogP) is 5.83. The highest BCUT2D eigenvalue weighted by Crippen LogP contribution is 2.24. The summed E-state index contributed by atoms with van der Waals surface area (Å²) in [5, 5.41) is 4.54. The van der Waals surface area contributed by atoms with Gasteiger partial charge >= 0.3 is 0 Å². The topological polar surface area (TPSA) is 37.6 Å². The molecular formula is C21H21ClN2O2S. The Kier molecular flexibility index (Phi) is 6.37. The van der Waals surface area contributed by atoms with Gasteiger partial charge in [-0.3, -0.25) is 0 Å². The summed E-state index contributed by atoms with van der Waals surface area (Å²) in [6.45, 7) is 3.18. The van der Waals surface area contributed by atoms with Gasteiger partial charge in [0, 0.05) is 23.3 Å². The summed E-state index contributed by atoms with van der Waals surface area (Å²) in [6.07, 6.45) is 0. The number of benzene rings is 2. The maximum atomic E-state index is 5.93. The third-order valence-corrected chi connectivity index (χ3v) is 4.61. The van der Waals surface area contributed by atoms with Gasteiger partial charge in [-0.25, -0.2) is 0 Å². The van der Waals surface area contributed by atoms with Crippen molar-refractivity contribution in [3.8, 4) is 17.1 Å². The number of thiocarbonyl (C=S) groups is 1. The van der Waals surface area contributed by atoms with E-state index in [1.165, 1.54) is 0 Å². The summed E-state index contributed by atoms with van der Waals surface area (Å²) >= 11 is 11.4. The zero-order valence-corrected chi connectivity index (χ0v) is 16.8. The molecule has 3 aromatic rings. The van der Waals surface area contributed by atoms with E-state index in [0.29, 0.717) is 23.3 Å². The number of rotatable bonds is 6. The number of halogens is 1. The zero-order valence-electron chi connectivity index (χ0n) is 15.2. The van der Waals surface area contributed by atoms with Crippen molar-refractivity contribution in [1.29, 1.82) is 0 Å². The summed E-state index contributed by atoms with van der Waals surface area (Å²) in [4.78, 5) is 1.93. The highest BCUT2D eigenvalue weighted by molar-refractivity contribution is 7.80. The van der Waals surface area contributed by atoms with Gasteiger partial charge in [-0.15, -0.1) is 0 Å². The van der Waals surface area contributed by atoms with E-state index in [1.54, 1.807) is 0 Å². The van der Waals surface area contributed by atoms with Crippen molar-refractivity contribution in [1.82, 2.24) is 4.90 Å². The minimum absolute atomic E-state index is 0.566. The molecule has 27 heavy (non-hydrogen) atoms. The molecule has 0 unspecified atom stereocenters. The number of hydrogen-bond acceptors (Lipinski definition) is 3. The first kappa shape index (κ1) is 19.3. The Balaban J connectivity index is 1.58. The van der Waals surface area contributed by atoms with Gasteiger partial charge in [-0.2, -0.15) is 0 Å². The molecule has 0 spiro atoms. The van der Waals surface area contributed by atoms with Gasteiger partial charge in [0.25, 0.3) is 0 Å². The van der Waals surface area contributed by atoms with E-state index < -0.39 is 0 Å². The van der Waals surface area contributed by atoms with Gasteiger partial charge in [0.1, 0.15) is 17.3 Å². The van der Waals surface area contributed by atoms with Crippen molar-refractivity contribution in [2.75, 3.05) is 19.0 Å². The summed E-state index contributed by atoms with van der Waals surface area (Å²) in [6, 6.07) is 19.2. The fourth-order valence-electron chi connectivity index (χ4n) is 2.56. The van der Waals surface area contributed by atoms with Crippen LogP contribution < -0.4 is 10.1 Å². The summed E-state index contributed by atoms with van der Waals surface area (Å²) < 4.78 is 11.4. The second kappa shape index (κ2) is 8.93. The Labute approximate surface area is 169 Å². The number of ether oxygens (including phenoxy) is 1. The smallest absolute Gasteiger partial charge is 0.173 e. The van der Waals surface area contributed by atoms with Crippen LogP contribution in [-0.2, 0) is 6.54 Å². The van der Waals surface area contributed by atoms with Crippen LogP contribution in [0, 0.1) is 0 Å². The fraction of sp³-hybridized carbons (Fsp3) is 0.190. The highest BCUT2D eigenvalue weighted by Gasteiger charge is 2.10. The largest absolute Gasteiger partial charge is 0.494 e. The van der Waals surface area contributed by atoms with Crippen molar-refractivity contribution < 1.29 is 9.15 Å². The molecule has 0 bridgehead atoms. The molecular weight excluding hydrogens is 380 g/mol. The number of anilines is 1. The number of hydrogen-bond donors (Lipinski definition) is 1. The molecule has 3 rings (SSSR count). The molecule has 2 aromatic carbocycles. The van der Waals surface area contributed by atoms with E-state index in [1.807, 2.05) is 79.5 Å². The van der Waals surface area contributed by atoms with Crippen molar-refractivity contribution in [2.24, 2.45) is 0 Å². The van der Waals surface area contributed by atoms with Crippen LogP contribution in [0.3, 0.4) is 0 Å². The van der Waals surface area contributed by atoms with Gasteiger partial charge in [0.15, 0.2) is 5.11 Å². The lowest BCUT2D eigenvalue weighted by Gasteiger charge is -2.20. The van der Waals surface area contributed by atoms with Crippen molar-refractivity contribution >= 4 is 34.6 Å².